The van der Waals surface area contributed by atoms with Crippen LogP contribution < -0.4 is 10.9 Å². The maximum absolute atomic E-state index is 12.5. The van der Waals surface area contributed by atoms with Gasteiger partial charge in [-0.15, -0.1) is 0 Å². The molecule has 0 saturated heterocycles. The lowest BCUT2D eigenvalue weighted by Crippen LogP contribution is -2.32. The van der Waals surface area contributed by atoms with Gasteiger partial charge in [-0.25, -0.2) is 4.98 Å². The number of benzene rings is 1. The van der Waals surface area contributed by atoms with Crippen molar-refractivity contribution in [3.8, 4) is 0 Å². The molecule has 8 nitrogen and oxygen atoms in total. The second-order valence-corrected chi connectivity index (χ2v) is 6.44. The molecule has 1 unspecified atom stereocenters. The molecule has 1 amide bonds. The van der Waals surface area contributed by atoms with Crippen molar-refractivity contribution in [1.82, 2.24) is 24.9 Å². The van der Waals surface area contributed by atoms with Crippen LogP contribution in [-0.4, -0.2) is 32.0 Å². The zero-order chi connectivity index (χ0) is 19.5. The van der Waals surface area contributed by atoms with Gasteiger partial charge in [0.15, 0.2) is 0 Å². The number of aromatic nitrogens is 4. The minimum absolute atomic E-state index is 0.00783. The summed E-state index contributed by atoms with van der Waals surface area (Å²) in [4.78, 5) is 33.1. The monoisotopic (exact) mass is 377 g/mol. The number of carbonyl (C=O) groups is 1. The summed E-state index contributed by atoms with van der Waals surface area (Å²) >= 11 is 0. The van der Waals surface area contributed by atoms with Crippen LogP contribution in [0.25, 0.3) is 5.78 Å². The molecule has 0 aliphatic heterocycles. The fraction of sp³-hybridized carbons (Fsp3) is 0.200. The molecule has 0 bridgehead atoms. The molecule has 4 rings (SSSR count). The Morgan fingerprint density at radius 1 is 1.25 bits per heavy atom. The quantitative estimate of drug-likeness (QED) is 0.536. The highest BCUT2D eigenvalue weighted by Gasteiger charge is 2.19. The van der Waals surface area contributed by atoms with E-state index in [1.54, 1.807) is 13.2 Å². The van der Waals surface area contributed by atoms with Gasteiger partial charge < -0.3 is 9.73 Å². The fourth-order valence-electron chi connectivity index (χ4n) is 3.19. The molecule has 142 valence electrons. The lowest BCUT2D eigenvalue weighted by molar-refractivity contribution is 0.0950. The number of rotatable bonds is 6. The number of aryl methyl sites for hydroxylation is 1. The minimum Gasteiger partial charge on any atom is -0.469 e. The summed E-state index contributed by atoms with van der Waals surface area (Å²) in [6.45, 7) is 2.09. The van der Waals surface area contributed by atoms with Gasteiger partial charge in [0.25, 0.3) is 17.2 Å². The number of H-pyrrole nitrogens is 1. The number of furan rings is 1. The van der Waals surface area contributed by atoms with E-state index in [9.17, 15) is 9.59 Å². The van der Waals surface area contributed by atoms with Gasteiger partial charge in [-0.3, -0.25) is 14.7 Å². The molecule has 0 fully saturated rings. The molecule has 3 aromatic heterocycles. The van der Waals surface area contributed by atoms with Gasteiger partial charge in [-0.05, 0) is 31.0 Å². The Balaban J connectivity index is 1.48. The van der Waals surface area contributed by atoms with Crippen molar-refractivity contribution in [2.45, 2.75) is 19.3 Å². The first-order valence-electron chi connectivity index (χ1n) is 8.94. The van der Waals surface area contributed by atoms with E-state index < -0.39 is 11.5 Å². The van der Waals surface area contributed by atoms with Gasteiger partial charge in [0.2, 0.25) is 0 Å². The standard InChI is InChI=1S/C20H19N5O3/c1-13-23-20-22-12-16(19(27)25(20)24-13)18(26)21-10-9-15(17-8-5-11-28-17)14-6-3-2-4-7-14/h2-8,11-12,15H,9-10H2,1H3,(H,21,26)(H,22,23,24). The second-order valence-electron chi connectivity index (χ2n) is 6.44. The van der Waals surface area contributed by atoms with Gasteiger partial charge in [-0.1, -0.05) is 30.3 Å². The largest absolute Gasteiger partial charge is 0.469 e. The second kappa shape index (κ2) is 7.51. The van der Waals surface area contributed by atoms with Crippen LogP contribution in [0.15, 0.2) is 64.1 Å². The predicted octanol–water partition coefficient (Wildman–Crippen LogP) is 2.27. The molecule has 0 aliphatic rings. The van der Waals surface area contributed by atoms with Crippen LogP contribution in [0.2, 0.25) is 0 Å². The van der Waals surface area contributed by atoms with Crippen LogP contribution in [0, 0.1) is 6.92 Å². The zero-order valence-electron chi connectivity index (χ0n) is 15.3. The van der Waals surface area contributed by atoms with Crippen LogP contribution in [0.1, 0.15) is 39.8 Å². The molecule has 4 aromatic rings. The molecular weight excluding hydrogens is 358 g/mol. The van der Waals surface area contributed by atoms with Crippen molar-refractivity contribution < 1.29 is 9.21 Å². The number of aromatic amines is 1. The number of amides is 1. The molecule has 0 aliphatic carbocycles. The third-order valence-electron chi connectivity index (χ3n) is 4.54. The van der Waals surface area contributed by atoms with Crippen LogP contribution in [-0.2, 0) is 0 Å². The number of nitrogens with zero attached hydrogens (tertiary/aromatic N) is 3. The Labute approximate surface area is 160 Å². The lowest BCUT2D eigenvalue weighted by Gasteiger charge is -2.15. The summed E-state index contributed by atoms with van der Waals surface area (Å²) in [6, 6.07) is 13.7. The molecule has 0 radical (unpaired) electrons. The highest BCUT2D eigenvalue weighted by atomic mass is 16.3. The van der Waals surface area contributed by atoms with E-state index in [0.29, 0.717) is 18.8 Å². The molecule has 0 spiro atoms. The van der Waals surface area contributed by atoms with Crippen LogP contribution in [0.4, 0.5) is 0 Å². The normalized spacial score (nSPS) is 12.2. The number of hydrogen-bond donors (Lipinski definition) is 2. The van der Waals surface area contributed by atoms with E-state index in [1.807, 2.05) is 42.5 Å². The first-order chi connectivity index (χ1) is 13.6. The molecule has 0 saturated carbocycles. The van der Waals surface area contributed by atoms with Crippen molar-refractivity contribution in [3.05, 3.63) is 88.0 Å². The molecule has 3 heterocycles. The summed E-state index contributed by atoms with van der Waals surface area (Å²) in [7, 11) is 0. The SMILES string of the molecule is Cc1nc2ncc(C(=O)NCCC(c3ccccc3)c3ccco3)c(=O)n2[nH]1. The maximum Gasteiger partial charge on any atom is 0.286 e. The van der Waals surface area contributed by atoms with Gasteiger partial charge in [0, 0.05) is 18.7 Å². The molecular formula is C20H19N5O3. The Hall–Kier alpha value is -3.68. The number of hydrogen-bond acceptors (Lipinski definition) is 5. The fourth-order valence-corrected chi connectivity index (χ4v) is 3.19. The number of fused-ring (bicyclic) bond motifs is 1. The van der Waals surface area contributed by atoms with Crippen LogP contribution in [0.3, 0.4) is 0 Å². The number of carbonyl (C=O) groups excluding carboxylic acids is 1. The summed E-state index contributed by atoms with van der Waals surface area (Å²) in [5, 5.41) is 5.58. The predicted molar refractivity (Wildman–Crippen MR) is 102 cm³/mol. The Bertz CT molecular complexity index is 1150. The van der Waals surface area contributed by atoms with Crippen molar-refractivity contribution in [1.29, 1.82) is 0 Å². The Kier molecular flexibility index (Phi) is 4.76. The summed E-state index contributed by atoms with van der Waals surface area (Å²) in [6.07, 6.45) is 3.52. The van der Waals surface area contributed by atoms with E-state index >= 15 is 0 Å². The lowest BCUT2D eigenvalue weighted by atomic mass is 9.93. The van der Waals surface area contributed by atoms with Gasteiger partial charge in [-0.2, -0.15) is 9.50 Å². The van der Waals surface area contributed by atoms with Crippen LogP contribution >= 0.6 is 0 Å². The van der Waals surface area contributed by atoms with Gasteiger partial charge >= 0.3 is 0 Å². The smallest absolute Gasteiger partial charge is 0.286 e. The first kappa shape index (κ1) is 17.7. The maximum atomic E-state index is 12.5. The molecule has 28 heavy (non-hydrogen) atoms. The zero-order valence-corrected chi connectivity index (χ0v) is 15.3. The minimum atomic E-state index is -0.478. The van der Waals surface area contributed by atoms with Gasteiger partial charge in [0.05, 0.1) is 6.26 Å². The summed E-state index contributed by atoms with van der Waals surface area (Å²) in [5.74, 6) is 1.16. The topological polar surface area (TPSA) is 105 Å². The average molecular weight is 377 g/mol. The highest BCUT2D eigenvalue weighted by molar-refractivity contribution is 5.93. The molecule has 2 N–H and O–H groups in total. The van der Waals surface area contributed by atoms with Crippen molar-refractivity contribution in [3.63, 3.8) is 0 Å². The van der Waals surface area contributed by atoms with E-state index in [0.717, 1.165) is 11.3 Å². The van der Waals surface area contributed by atoms with E-state index in [4.69, 9.17) is 4.42 Å². The third kappa shape index (κ3) is 3.44. The third-order valence-corrected chi connectivity index (χ3v) is 4.54. The number of nitrogens with one attached hydrogen (secondary N) is 2. The van der Waals surface area contributed by atoms with Crippen LogP contribution in [0.5, 0.6) is 0 Å². The summed E-state index contributed by atoms with van der Waals surface area (Å²) in [5.41, 5.74) is 0.590. The van der Waals surface area contributed by atoms with E-state index in [1.165, 1.54) is 10.7 Å². The van der Waals surface area contributed by atoms with Crippen molar-refractivity contribution in [2.24, 2.45) is 0 Å². The Morgan fingerprint density at radius 2 is 2.07 bits per heavy atom. The Morgan fingerprint density at radius 3 is 2.82 bits per heavy atom. The van der Waals surface area contributed by atoms with Crippen molar-refractivity contribution >= 4 is 11.7 Å². The van der Waals surface area contributed by atoms with Crippen molar-refractivity contribution in [2.75, 3.05) is 6.54 Å². The van der Waals surface area contributed by atoms with E-state index in [2.05, 4.69) is 20.4 Å². The van der Waals surface area contributed by atoms with E-state index in [-0.39, 0.29) is 17.3 Å². The first-order valence-corrected chi connectivity index (χ1v) is 8.94. The summed E-state index contributed by atoms with van der Waals surface area (Å²) < 4.78 is 6.74. The van der Waals surface area contributed by atoms with Gasteiger partial charge in [0.1, 0.15) is 17.1 Å². The average Bonchev–Trinajstić information content (AvgIpc) is 3.35. The molecule has 1 aromatic carbocycles. The highest BCUT2D eigenvalue weighted by Crippen LogP contribution is 2.27. The molecule has 1 atom stereocenters. The molecule has 8 heteroatoms.